The number of terminal acetylenes is 1. The Morgan fingerprint density at radius 2 is 1.81 bits per heavy atom. The van der Waals surface area contributed by atoms with Crippen LogP contribution in [0.2, 0.25) is 0 Å². The number of aromatic hydroxyl groups is 1. The van der Waals surface area contributed by atoms with Crippen molar-refractivity contribution >= 4 is 41.0 Å². The lowest BCUT2D eigenvalue weighted by molar-refractivity contribution is -0.181. The van der Waals surface area contributed by atoms with E-state index >= 15 is 0 Å². The van der Waals surface area contributed by atoms with Crippen LogP contribution in [0.4, 0.5) is 0 Å². The van der Waals surface area contributed by atoms with E-state index in [4.69, 9.17) is 16.0 Å². The molecule has 15 heteroatoms. The van der Waals surface area contributed by atoms with E-state index in [9.17, 15) is 34.2 Å². The fourth-order valence-electron chi connectivity index (χ4n) is 6.71. The van der Waals surface area contributed by atoms with Crippen LogP contribution in [0.5, 0.6) is 5.75 Å². The van der Waals surface area contributed by atoms with Crippen LogP contribution >= 0.6 is 11.3 Å². The van der Waals surface area contributed by atoms with Gasteiger partial charge in [-0.2, -0.15) is 5.06 Å². The molecule has 1 aromatic heterocycles. The van der Waals surface area contributed by atoms with Gasteiger partial charge >= 0.3 is 11.9 Å². The lowest BCUT2D eigenvalue weighted by Crippen LogP contribution is -2.56. The predicted molar refractivity (Wildman–Crippen MR) is 221 cm³/mol. The molecule has 58 heavy (non-hydrogen) atoms. The maximum Gasteiger partial charge on any atom is 0.309 e. The second-order valence-corrected chi connectivity index (χ2v) is 16.8. The van der Waals surface area contributed by atoms with E-state index in [0.29, 0.717) is 43.4 Å². The van der Waals surface area contributed by atoms with Crippen LogP contribution in [0.3, 0.4) is 0 Å². The highest BCUT2D eigenvalue weighted by atomic mass is 32.1. The summed E-state index contributed by atoms with van der Waals surface area (Å²) in [6.07, 6.45) is 8.87. The van der Waals surface area contributed by atoms with Crippen molar-refractivity contribution in [3.8, 4) is 18.1 Å². The number of hydroxylamine groups is 2. The minimum atomic E-state index is -1.17. The summed E-state index contributed by atoms with van der Waals surface area (Å²) in [5, 5.41) is 28.6. The Kier molecular flexibility index (Phi) is 18.4. The van der Waals surface area contributed by atoms with Crippen molar-refractivity contribution in [3.63, 3.8) is 0 Å². The number of likely N-dealkylation sites (N-methyl/N-ethyl adjacent to an activating group) is 1. The van der Waals surface area contributed by atoms with E-state index in [1.54, 1.807) is 39.8 Å². The number of phenolic OH excluding ortho intramolecular Hbond substituents is 1. The first-order valence-corrected chi connectivity index (χ1v) is 20.8. The van der Waals surface area contributed by atoms with E-state index in [1.165, 1.54) is 29.5 Å². The molecule has 0 bridgehead atoms. The first kappa shape index (κ1) is 47.6. The Bertz CT molecular complexity index is 1800. The maximum atomic E-state index is 14.7. The van der Waals surface area contributed by atoms with Gasteiger partial charge in [0.1, 0.15) is 22.5 Å². The molecule has 4 N–H and O–H groups in total. The van der Waals surface area contributed by atoms with Crippen molar-refractivity contribution in [2.75, 3.05) is 20.2 Å². The molecule has 3 amide bonds. The number of amides is 3. The van der Waals surface area contributed by atoms with E-state index in [1.807, 2.05) is 25.8 Å². The number of unbranched alkanes of at least 4 members (excludes halogenated alkanes) is 1. The minimum absolute atomic E-state index is 0.0328. The van der Waals surface area contributed by atoms with Crippen LogP contribution in [0, 0.1) is 23.7 Å². The molecule has 0 spiro atoms. The number of esters is 1. The average molecular weight is 824 g/mol. The predicted octanol–water partition coefficient (Wildman–Crippen LogP) is 6.17. The fraction of sp³-hybridized carbons (Fsp3) is 0.581. The molecule has 1 aromatic carbocycles. The fourth-order valence-corrected chi connectivity index (χ4v) is 7.53. The van der Waals surface area contributed by atoms with E-state index in [0.717, 1.165) is 36.3 Å². The van der Waals surface area contributed by atoms with Gasteiger partial charge in [-0.1, -0.05) is 44.4 Å². The third-order valence-electron chi connectivity index (χ3n) is 10.4. The molecule has 2 heterocycles. The molecule has 318 valence electrons. The van der Waals surface area contributed by atoms with Crippen molar-refractivity contribution < 1.29 is 43.8 Å². The van der Waals surface area contributed by atoms with Crippen LogP contribution < -0.4 is 10.6 Å². The molecule has 1 aliphatic rings. The number of hydrogen-bond acceptors (Lipinski definition) is 11. The number of piperidine rings is 1. The van der Waals surface area contributed by atoms with Gasteiger partial charge in [-0.3, -0.25) is 33.7 Å². The summed E-state index contributed by atoms with van der Waals surface area (Å²) in [6.45, 7) is 12.7. The van der Waals surface area contributed by atoms with E-state index < -0.39 is 47.4 Å². The Morgan fingerprint density at radius 3 is 2.40 bits per heavy atom. The molecule has 0 unspecified atom stereocenters. The number of allylic oxidation sites excluding steroid dienone is 1. The normalized spacial score (nSPS) is 16.5. The maximum absolute atomic E-state index is 14.7. The Hall–Kier alpha value is -4.78. The number of benzene rings is 1. The van der Waals surface area contributed by atoms with Crippen LogP contribution in [0.25, 0.3) is 0 Å². The van der Waals surface area contributed by atoms with Gasteiger partial charge in [0.25, 0.3) is 11.8 Å². The standard InChI is InChI=1S/C43H61N5O9S/c1-10-12-15-22-56-48(41(53)37(28(5)11-2)46-39(52)34-16-13-14-21-47(34)9)35(27(3)4)24-36(57-29(6)49)40-45-33(26-58-40)38(51)44-31(25-43(7,8)42(54)55)23-30-17-19-32(50)20-18-30/h1,17-20,26,28,31,34,36-37,50H,11-16,21-25H2,2-9H3,(H,44,51)(H,46,52)(H,54,55)/t28-,31-,34+,36+,37-/m0/s1. The number of likely N-dealkylation sites (tertiary alicyclic amines) is 1. The molecular weight excluding hydrogens is 763 g/mol. The summed E-state index contributed by atoms with van der Waals surface area (Å²) in [6, 6.07) is 4.54. The van der Waals surface area contributed by atoms with Crippen molar-refractivity contribution in [2.45, 2.75) is 130 Å². The number of ether oxygens (including phenoxy) is 1. The number of carboxylic acids is 1. The molecule has 1 fully saturated rings. The third-order valence-corrected chi connectivity index (χ3v) is 11.3. The van der Waals surface area contributed by atoms with Gasteiger partial charge in [-0.05, 0) is 97.0 Å². The van der Waals surface area contributed by atoms with Crippen LogP contribution in [0.15, 0.2) is 40.9 Å². The van der Waals surface area contributed by atoms with Crippen LogP contribution in [-0.4, -0.2) is 93.1 Å². The van der Waals surface area contributed by atoms with Crippen molar-refractivity contribution in [1.29, 1.82) is 0 Å². The molecule has 14 nitrogen and oxygen atoms in total. The lowest BCUT2D eigenvalue weighted by Gasteiger charge is -2.35. The zero-order valence-electron chi connectivity index (χ0n) is 35.1. The topological polar surface area (TPSA) is 188 Å². The Balaban J connectivity index is 1.95. The molecule has 3 rings (SSSR count). The van der Waals surface area contributed by atoms with Gasteiger partial charge in [0, 0.05) is 31.2 Å². The van der Waals surface area contributed by atoms with Crippen molar-refractivity contribution in [1.82, 2.24) is 25.6 Å². The number of carboxylic acid groups (broad SMARTS) is 1. The molecule has 2 aromatic rings. The zero-order valence-corrected chi connectivity index (χ0v) is 35.9. The number of rotatable bonds is 21. The summed E-state index contributed by atoms with van der Waals surface area (Å²) < 4.78 is 5.79. The number of hydrogen-bond donors (Lipinski definition) is 4. The average Bonchev–Trinajstić information content (AvgIpc) is 3.67. The molecule has 1 saturated heterocycles. The number of nitrogens with one attached hydrogen (secondary N) is 2. The van der Waals surface area contributed by atoms with E-state index in [-0.39, 0.29) is 53.8 Å². The number of carbonyl (C=O) groups is 5. The summed E-state index contributed by atoms with van der Waals surface area (Å²) >= 11 is 1.09. The molecule has 0 saturated carbocycles. The quantitative estimate of drug-likeness (QED) is 0.0488. The molecule has 0 radical (unpaired) electrons. The van der Waals surface area contributed by atoms with Gasteiger partial charge in [0.2, 0.25) is 5.91 Å². The van der Waals surface area contributed by atoms with Crippen LogP contribution in [0.1, 0.15) is 127 Å². The minimum Gasteiger partial charge on any atom is -0.508 e. The lowest BCUT2D eigenvalue weighted by atomic mass is 9.84. The number of nitrogens with zero attached hydrogens (tertiary/aromatic N) is 3. The zero-order chi connectivity index (χ0) is 43.2. The first-order chi connectivity index (χ1) is 27.4. The number of aliphatic carboxylic acids is 1. The molecule has 0 aliphatic carbocycles. The third kappa shape index (κ3) is 14.0. The van der Waals surface area contributed by atoms with Gasteiger partial charge < -0.3 is 25.6 Å². The van der Waals surface area contributed by atoms with Crippen LogP contribution in [-0.2, 0) is 35.2 Å². The highest BCUT2D eigenvalue weighted by Gasteiger charge is 2.38. The van der Waals surface area contributed by atoms with Gasteiger partial charge in [0.05, 0.1) is 23.8 Å². The molecule has 1 aliphatic heterocycles. The number of carbonyl (C=O) groups excluding carboxylic acids is 4. The highest BCUT2D eigenvalue weighted by molar-refractivity contribution is 7.09. The summed E-state index contributed by atoms with van der Waals surface area (Å²) in [5.41, 5.74) is 0.713. The highest BCUT2D eigenvalue weighted by Crippen LogP contribution is 2.33. The summed E-state index contributed by atoms with van der Waals surface area (Å²) in [5.74, 6) is -0.498. The second kappa shape index (κ2) is 22.4. The molecular formula is C43H61N5O9S. The largest absolute Gasteiger partial charge is 0.508 e. The monoisotopic (exact) mass is 823 g/mol. The summed E-state index contributed by atoms with van der Waals surface area (Å²) in [7, 11) is 1.91. The Morgan fingerprint density at radius 1 is 1.12 bits per heavy atom. The van der Waals surface area contributed by atoms with Gasteiger partial charge in [0.15, 0.2) is 6.10 Å². The van der Waals surface area contributed by atoms with Crippen molar-refractivity contribution in [3.05, 3.63) is 57.2 Å². The smallest absolute Gasteiger partial charge is 0.309 e. The number of thiazole rings is 1. The molecule has 5 atom stereocenters. The van der Waals surface area contributed by atoms with Crippen molar-refractivity contribution in [2.24, 2.45) is 11.3 Å². The SMILES string of the molecule is C#CCCCON(C(=O)[C@@H](NC(=O)[C@H]1CCCCN1C)[C@@H](C)CC)C(C[C@@H](OC(C)=O)c1nc(C(=O)N[C@@H](Cc2ccc(O)cc2)CC(C)(C)C(=O)O)cs1)=C(C)C. The van der Waals surface area contributed by atoms with Gasteiger partial charge in [-0.25, -0.2) is 4.98 Å². The number of aromatic nitrogens is 1. The van der Waals surface area contributed by atoms with E-state index in [2.05, 4.69) is 21.5 Å². The second-order valence-electron chi connectivity index (χ2n) is 15.9. The Labute approximate surface area is 346 Å². The van der Waals surface area contributed by atoms with Gasteiger partial charge in [-0.15, -0.1) is 23.7 Å². The summed E-state index contributed by atoms with van der Waals surface area (Å²) in [4.78, 5) is 79.4. The number of phenols is 1. The first-order valence-electron chi connectivity index (χ1n) is 19.9.